The zero-order valence-electron chi connectivity index (χ0n) is 11.3. The van der Waals surface area contributed by atoms with Crippen LogP contribution in [0.15, 0.2) is 48.5 Å². The Bertz CT molecular complexity index is 695. The second-order valence-electron chi connectivity index (χ2n) is 4.26. The molecule has 0 heterocycles. The number of ether oxygens (including phenoxy) is 1. The van der Waals surface area contributed by atoms with Crippen LogP contribution in [0, 0.1) is 11.3 Å². The van der Waals surface area contributed by atoms with E-state index in [9.17, 15) is 10.1 Å². The van der Waals surface area contributed by atoms with Crippen molar-refractivity contribution in [3.8, 4) is 11.8 Å². The van der Waals surface area contributed by atoms with Crippen LogP contribution in [0.2, 0.25) is 5.02 Å². The van der Waals surface area contributed by atoms with E-state index in [-0.39, 0.29) is 5.91 Å². The molecule has 2 rings (SSSR count). The minimum atomic E-state index is -0.823. The van der Waals surface area contributed by atoms with Crippen LogP contribution >= 0.6 is 11.6 Å². The number of nitriles is 1. The second kappa shape index (κ2) is 6.78. The van der Waals surface area contributed by atoms with E-state index in [2.05, 4.69) is 5.32 Å². The molecule has 4 nitrogen and oxygen atoms in total. The highest BCUT2D eigenvalue weighted by atomic mass is 35.5. The molecule has 1 atom stereocenters. The first-order valence-electron chi connectivity index (χ1n) is 6.25. The summed E-state index contributed by atoms with van der Waals surface area (Å²) in [6.45, 7) is 0. The average molecular weight is 301 g/mol. The van der Waals surface area contributed by atoms with Crippen molar-refractivity contribution in [1.29, 1.82) is 5.26 Å². The maximum Gasteiger partial charge on any atom is 0.256 e. The van der Waals surface area contributed by atoms with Crippen LogP contribution in [-0.4, -0.2) is 13.0 Å². The van der Waals surface area contributed by atoms with Gasteiger partial charge in [-0.25, -0.2) is 0 Å². The maximum absolute atomic E-state index is 12.3. The molecule has 1 amide bonds. The summed E-state index contributed by atoms with van der Waals surface area (Å²) in [7, 11) is 1.49. The van der Waals surface area contributed by atoms with Crippen LogP contribution < -0.4 is 10.1 Å². The summed E-state index contributed by atoms with van der Waals surface area (Å²) in [5, 5.41) is 12.4. The Morgan fingerprint density at radius 2 is 1.90 bits per heavy atom. The molecule has 2 aromatic rings. The van der Waals surface area contributed by atoms with Crippen molar-refractivity contribution in [2.24, 2.45) is 0 Å². The van der Waals surface area contributed by atoms with Gasteiger partial charge in [0.1, 0.15) is 11.8 Å². The molecule has 0 fully saturated rings. The Hall–Kier alpha value is -2.51. The molecule has 0 aliphatic rings. The molecule has 0 aromatic heterocycles. The molecule has 21 heavy (non-hydrogen) atoms. The number of hydrogen-bond acceptors (Lipinski definition) is 3. The maximum atomic E-state index is 12.3. The third kappa shape index (κ3) is 3.33. The fourth-order valence-electron chi connectivity index (χ4n) is 1.93. The number of hydrogen-bond donors (Lipinski definition) is 1. The van der Waals surface area contributed by atoms with E-state index in [1.807, 2.05) is 6.07 Å². The van der Waals surface area contributed by atoms with Crippen molar-refractivity contribution >= 4 is 17.5 Å². The number of rotatable bonds is 4. The lowest BCUT2D eigenvalue weighted by molar-refractivity contribution is 0.0942. The minimum absolute atomic E-state index is 0.368. The van der Waals surface area contributed by atoms with E-state index in [0.29, 0.717) is 21.9 Å². The number of halogens is 1. The molecule has 0 radical (unpaired) electrons. The van der Waals surface area contributed by atoms with E-state index in [4.69, 9.17) is 16.3 Å². The summed E-state index contributed by atoms with van der Waals surface area (Å²) in [6, 6.07) is 15.0. The molecule has 0 spiro atoms. The Morgan fingerprint density at radius 1 is 1.24 bits per heavy atom. The smallest absolute Gasteiger partial charge is 0.256 e. The molecular weight excluding hydrogens is 288 g/mol. The van der Waals surface area contributed by atoms with Gasteiger partial charge in [-0.1, -0.05) is 41.9 Å². The van der Waals surface area contributed by atoms with Crippen LogP contribution in [0.4, 0.5) is 0 Å². The van der Waals surface area contributed by atoms with Crippen molar-refractivity contribution in [2.75, 3.05) is 7.11 Å². The molecule has 2 aromatic carbocycles. The van der Waals surface area contributed by atoms with Crippen LogP contribution in [-0.2, 0) is 0 Å². The van der Waals surface area contributed by atoms with Crippen molar-refractivity contribution in [1.82, 2.24) is 5.32 Å². The zero-order chi connectivity index (χ0) is 15.2. The van der Waals surface area contributed by atoms with E-state index < -0.39 is 6.04 Å². The molecule has 0 saturated heterocycles. The van der Waals surface area contributed by atoms with Crippen molar-refractivity contribution in [3.63, 3.8) is 0 Å². The van der Waals surface area contributed by atoms with E-state index in [1.54, 1.807) is 48.5 Å². The predicted molar refractivity (Wildman–Crippen MR) is 80.3 cm³/mol. The lowest BCUT2D eigenvalue weighted by Gasteiger charge is -2.14. The Labute approximate surface area is 127 Å². The van der Waals surface area contributed by atoms with Crippen LogP contribution in [0.25, 0.3) is 0 Å². The van der Waals surface area contributed by atoms with Crippen molar-refractivity contribution in [2.45, 2.75) is 6.04 Å². The number of benzene rings is 2. The topological polar surface area (TPSA) is 62.1 Å². The average Bonchev–Trinajstić information content (AvgIpc) is 2.53. The summed E-state index contributed by atoms with van der Waals surface area (Å²) < 4.78 is 5.14. The van der Waals surface area contributed by atoms with Crippen LogP contribution in [0.1, 0.15) is 22.0 Å². The Morgan fingerprint density at radius 3 is 2.57 bits per heavy atom. The Kier molecular flexibility index (Phi) is 4.81. The third-order valence-electron chi connectivity index (χ3n) is 2.97. The molecule has 106 valence electrons. The molecular formula is C16H13ClN2O2. The summed E-state index contributed by atoms with van der Waals surface area (Å²) >= 11 is 6.06. The van der Waals surface area contributed by atoms with Crippen LogP contribution in [0.5, 0.6) is 5.75 Å². The number of carbonyl (C=O) groups excluding carboxylic acids is 1. The SMILES string of the molecule is COc1ccccc1C(=O)NC(C#N)c1ccccc1Cl. The monoisotopic (exact) mass is 300 g/mol. The normalized spacial score (nSPS) is 11.3. The second-order valence-corrected chi connectivity index (χ2v) is 4.66. The van der Waals surface area contributed by atoms with Gasteiger partial charge in [-0.3, -0.25) is 4.79 Å². The number of nitrogens with zero attached hydrogens (tertiary/aromatic N) is 1. The zero-order valence-corrected chi connectivity index (χ0v) is 12.1. The van der Waals surface area contributed by atoms with Gasteiger partial charge in [0.15, 0.2) is 0 Å². The Balaban J connectivity index is 2.26. The molecule has 0 aliphatic heterocycles. The molecule has 5 heteroatoms. The summed E-state index contributed by atoms with van der Waals surface area (Å²) in [6.07, 6.45) is 0. The molecule has 0 bridgehead atoms. The number of amides is 1. The lowest BCUT2D eigenvalue weighted by Crippen LogP contribution is -2.28. The third-order valence-corrected chi connectivity index (χ3v) is 3.32. The van der Waals surface area contributed by atoms with E-state index in [1.165, 1.54) is 7.11 Å². The summed E-state index contributed by atoms with van der Waals surface area (Å²) in [5.74, 6) is 0.0600. The molecule has 1 unspecified atom stereocenters. The minimum Gasteiger partial charge on any atom is -0.496 e. The van der Waals surface area contributed by atoms with Gasteiger partial charge in [0, 0.05) is 10.6 Å². The first-order chi connectivity index (χ1) is 10.2. The number of nitrogens with one attached hydrogen (secondary N) is 1. The van der Waals surface area contributed by atoms with E-state index in [0.717, 1.165) is 0 Å². The quantitative estimate of drug-likeness (QED) is 0.942. The molecule has 0 saturated carbocycles. The standard InChI is InChI=1S/C16H13ClN2O2/c1-21-15-9-5-3-7-12(15)16(20)19-14(10-18)11-6-2-4-8-13(11)17/h2-9,14H,1H3,(H,19,20). The molecule has 1 N–H and O–H groups in total. The predicted octanol–water partition coefficient (Wildman–Crippen LogP) is 3.34. The highest BCUT2D eigenvalue weighted by Gasteiger charge is 2.19. The van der Waals surface area contributed by atoms with Crippen LogP contribution in [0.3, 0.4) is 0 Å². The first-order valence-corrected chi connectivity index (χ1v) is 6.63. The number of carbonyl (C=O) groups is 1. The van der Waals surface area contributed by atoms with E-state index >= 15 is 0 Å². The number of methoxy groups -OCH3 is 1. The van der Waals surface area contributed by atoms with Gasteiger partial charge in [-0.2, -0.15) is 5.26 Å². The molecule has 0 aliphatic carbocycles. The highest BCUT2D eigenvalue weighted by Crippen LogP contribution is 2.23. The first kappa shape index (κ1) is 14.9. The van der Waals surface area contributed by atoms with Gasteiger partial charge in [0.2, 0.25) is 0 Å². The number of para-hydroxylation sites is 1. The summed E-state index contributed by atoms with van der Waals surface area (Å²) in [4.78, 5) is 12.3. The van der Waals surface area contributed by atoms with Gasteiger partial charge in [0.25, 0.3) is 5.91 Å². The van der Waals surface area contributed by atoms with Gasteiger partial charge in [0.05, 0.1) is 18.7 Å². The van der Waals surface area contributed by atoms with Gasteiger partial charge in [-0.15, -0.1) is 0 Å². The van der Waals surface area contributed by atoms with Gasteiger partial charge < -0.3 is 10.1 Å². The lowest BCUT2D eigenvalue weighted by atomic mass is 10.1. The summed E-state index contributed by atoms with van der Waals surface area (Å²) in [5.41, 5.74) is 0.928. The highest BCUT2D eigenvalue weighted by molar-refractivity contribution is 6.31. The van der Waals surface area contributed by atoms with Crippen molar-refractivity contribution in [3.05, 3.63) is 64.7 Å². The van der Waals surface area contributed by atoms with Gasteiger partial charge >= 0.3 is 0 Å². The van der Waals surface area contributed by atoms with Crippen molar-refractivity contribution < 1.29 is 9.53 Å². The fourth-order valence-corrected chi connectivity index (χ4v) is 2.17. The largest absolute Gasteiger partial charge is 0.496 e. The fraction of sp³-hybridized carbons (Fsp3) is 0.125. The van der Waals surface area contributed by atoms with Gasteiger partial charge in [-0.05, 0) is 18.2 Å².